The minimum Gasteiger partial charge on any atom is -0.469 e. The van der Waals surface area contributed by atoms with Gasteiger partial charge in [-0.2, -0.15) is 0 Å². The summed E-state index contributed by atoms with van der Waals surface area (Å²) in [7, 11) is 3.16. The predicted molar refractivity (Wildman–Crippen MR) is 114 cm³/mol. The Morgan fingerprint density at radius 3 is 2.78 bits per heavy atom. The first-order chi connectivity index (χ1) is 12.6. The van der Waals surface area contributed by atoms with Gasteiger partial charge in [-0.15, -0.1) is 24.0 Å². The smallest absolute Gasteiger partial charge is 0.310 e. The van der Waals surface area contributed by atoms with Crippen molar-refractivity contribution in [2.75, 3.05) is 27.2 Å². The van der Waals surface area contributed by atoms with Gasteiger partial charge in [-0.25, -0.2) is 0 Å². The van der Waals surface area contributed by atoms with Crippen molar-refractivity contribution in [1.82, 2.24) is 15.4 Å². The van der Waals surface area contributed by atoms with Crippen LogP contribution in [0.3, 0.4) is 0 Å². The molecule has 0 saturated carbocycles. The summed E-state index contributed by atoms with van der Waals surface area (Å²) in [6.07, 6.45) is 0. The fourth-order valence-electron chi connectivity index (χ4n) is 3.23. The van der Waals surface area contributed by atoms with Gasteiger partial charge in [0.15, 0.2) is 11.7 Å². The average molecular weight is 484 g/mol. The van der Waals surface area contributed by atoms with Crippen LogP contribution in [0.2, 0.25) is 0 Å². The van der Waals surface area contributed by atoms with Gasteiger partial charge in [0, 0.05) is 31.8 Å². The molecule has 2 atom stereocenters. The fourth-order valence-corrected chi connectivity index (χ4v) is 3.23. The molecule has 1 aliphatic heterocycles. The number of rotatable bonds is 4. The van der Waals surface area contributed by atoms with E-state index in [1.165, 1.54) is 7.11 Å². The normalized spacial score (nSPS) is 19.5. The Morgan fingerprint density at radius 1 is 1.37 bits per heavy atom. The van der Waals surface area contributed by atoms with Crippen LogP contribution in [-0.2, 0) is 16.1 Å². The van der Waals surface area contributed by atoms with Crippen LogP contribution in [0.5, 0.6) is 0 Å². The third-order valence-electron chi connectivity index (χ3n) is 4.67. The van der Waals surface area contributed by atoms with Crippen LogP contribution in [0, 0.1) is 11.8 Å². The van der Waals surface area contributed by atoms with E-state index < -0.39 is 0 Å². The van der Waals surface area contributed by atoms with Crippen LogP contribution in [0.1, 0.15) is 12.6 Å². The Hall–Kier alpha value is -2.10. The molecule has 3 rings (SSSR count). The number of methoxy groups -OCH3 is 1. The summed E-state index contributed by atoms with van der Waals surface area (Å²) in [6.45, 7) is 3.91. The molecule has 1 aliphatic rings. The lowest BCUT2D eigenvalue weighted by atomic mass is 9.99. The fraction of sp³-hybridized carbons (Fsp3) is 0.421. The van der Waals surface area contributed by atoms with Crippen molar-refractivity contribution in [2.24, 2.45) is 16.8 Å². The van der Waals surface area contributed by atoms with Crippen molar-refractivity contribution >= 4 is 35.9 Å². The van der Waals surface area contributed by atoms with E-state index in [-0.39, 0.29) is 41.8 Å². The van der Waals surface area contributed by atoms with Gasteiger partial charge >= 0.3 is 5.97 Å². The third-order valence-corrected chi connectivity index (χ3v) is 4.67. The number of ether oxygens (including phenoxy) is 1. The molecule has 1 fully saturated rings. The second-order valence-electron chi connectivity index (χ2n) is 6.46. The maximum absolute atomic E-state index is 11.9. The lowest BCUT2D eigenvalue weighted by Crippen LogP contribution is -2.40. The highest BCUT2D eigenvalue weighted by Crippen LogP contribution is 2.24. The molecule has 1 N–H and O–H groups in total. The molecule has 1 saturated heterocycles. The second kappa shape index (κ2) is 9.72. The SMILES string of the molecule is CN=C(NCc1cc(-c2ccccc2)on1)N1CC(C)C(C(=O)OC)C1.I. The topological polar surface area (TPSA) is 80.0 Å². The number of carbonyl (C=O) groups excluding carboxylic acids is 1. The zero-order chi connectivity index (χ0) is 18.5. The molecule has 0 aliphatic carbocycles. The number of halogens is 1. The number of aromatic nitrogens is 1. The van der Waals surface area contributed by atoms with E-state index in [4.69, 9.17) is 9.26 Å². The van der Waals surface area contributed by atoms with Gasteiger partial charge in [0.2, 0.25) is 0 Å². The highest BCUT2D eigenvalue weighted by atomic mass is 127. The van der Waals surface area contributed by atoms with Crippen molar-refractivity contribution < 1.29 is 14.1 Å². The summed E-state index contributed by atoms with van der Waals surface area (Å²) in [5, 5.41) is 7.40. The molecule has 0 spiro atoms. The Kier molecular flexibility index (Phi) is 7.64. The van der Waals surface area contributed by atoms with Crippen molar-refractivity contribution in [3.63, 3.8) is 0 Å². The second-order valence-corrected chi connectivity index (χ2v) is 6.46. The highest BCUT2D eigenvalue weighted by molar-refractivity contribution is 14.0. The van der Waals surface area contributed by atoms with E-state index in [1.807, 2.05) is 36.4 Å². The minimum absolute atomic E-state index is 0. The number of guanidine groups is 1. The van der Waals surface area contributed by atoms with E-state index in [2.05, 4.69) is 27.3 Å². The molecule has 0 radical (unpaired) electrons. The summed E-state index contributed by atoms with van der Waals surface area (Å²) < 4.78 is 10.3. The zero-order valence-corrected chi connectivity index (χ0v) is 18.0. The van der Waals surface area contributed by atoms with Gasteiger partial charge in [0.05, 0.1) is 19.6 Å². The highest BCUT2D eigenvalue weighted by Gasteiger charge is 2.36. The number of benzene rings is 1. The molecule has 1 aromatic carbocycles. The lowest BCUT2D eigenvalue weighted by Gasteiger charge is -2.21. The number of hydrogen-bond acceptors (Lipinski definition) is 5. The first-order valence-electron chi connectivity index (χ1n) is 8.66. The van der Waals surface area contributed by atoms with Gasteiger partial charge in [-0.3, -0.25) is 9.79 Å². The molecule has 0 amide bonds. The first kappa shape index (κ1) is 21.2. The number of nitrogens with one attached hydrogen (secondary N) is 1. The largest absolute Gasteiger partial charge is 0.469 e. The maximum Gasteiger partial charge on any atom is 0.310 e. The zero-order valence-electron chi connectivity index (χ0n) is 15.7. The predicted octanol–water partition coefficient (Wildman–Crippen LogP) is 2.78. The Balaban J connectivity index is 0.00000261. The van der Waals surface area contributed by atoms with Crippen LogP contribution in [-0.4, -0.2) is 49.2 Å². The van der Waals surface area contributed by atoms with Crippen molar-refractivity contribution in [2.45, 2.75) is 13.5 Å². The average Bonchev–Trinajstić information content (AvgIpc) is 3.29. The van der Waals surface area contributed by atoms with Crippen molar-refractivity contribution in [3.05, 3.63) is 42.1 Å². The molecule has 8 heteroatoms. The molecule has 2 unspecified atom stereocenters. The molecule has 146 valence electrons. The molecule has 7 nitrogen and oxygen atoms in total. The van der Waals surface area contributed by atoms with Crippen LogP contribution in [0.4, 0.5) is 0 Å². The molecular formula is C19H25IN4O3. The Morgan fingerprint density at radius 2 is 2.11 bits per heavy atom. The van der Waals surface area contributed by atoms with E-state index >= 15 is 0 Å². The van der Waals surface area contributed by atoms with E-state index in [0.29, 0.717) is 13.1 Å². The summed E-state index contributed by atoms with van der Waals surface area (Å²) >= 11 is 0. The van der Waals surface area contributed by atoms with Crippen molar-refractivity contribution in [1.29, 1.82) is 0 Å². The van der Waals surface area contributed by atoms with Gasteiger partial charge in [0.1, 0.15) is 5.69 Å². The molecule has 27 heavy (non-hydrogen) atoms. The number of hydrogen-bond donors (Lipinski definition) is 1. The maximum atomic E-state index is 11.9. The molecule has 2 heterocycles. The van der Waals surface area contributed by atoms with E-state index in [1.54, 1.807) is 7.05 Å². The minimum atomic E-state index is -0.167. The van der Waals surface area contributed by atoms with Crippen LogP contribution in [0.25, 0.3) is 11.3 Å². The molecule has 2 aromatic rings. The number of aliphatic imine (C=N–C) groups is 1. The Bertz CT molecular complexity index is 778. The van der Waals surface area contributed by atoms with Gasteiger partial charge in [-0.05, 0) is 5.92 Å². The van der Waals surface area contributed by atoms with Gasteiger partial charge in [0.25, 0.3) is 0 Å². The van der Waals surface area contributed by atoms with E-state index in [9.17, 15) is 4.79 Å². The van der Waals surface area contributed by atoms with Gasteiger partial charge < -0.3 is 19.5 Å². The first-order valence-corrected chi connectivity index (χ1v) is 8.66. The van der Waals surface area contributed by atoms with Gasteiger partial charge in [-0.1, -0.05) is 42.4 Å². The van der Waals surface area contributed by atoms with Crippen LogP contribution >= 0.6 is 24.0 Å². The Labute approximate surface area is 176 Å². The van der Waals surface area contributed by atoms with Crippen LogP contribution < -0.4 is 5.32 Å². The molecular weight excluding hydrogens is 459 g/mol. The quantitative estimate of drug-likeness (QED) is 0.311. The van der Waals surface area contributed by atoms with E-state index in [0.717, 1.165) is 29.5 Å². The summed E-state index contributed by atoms with van der Waals surface area (Å²) in [6, 6.07) is 11.8. The third kappa shape index (κ3) is 5.00. The molecule has 0 bridgehead atoms. The summed E-state index contributed by atoms with van der Waals surface area (Å²) in [4.78, 5) is 18.3. The van der Waals surface area contributed by atoms with Crippen molar-refractivity contribution in [3.8, 4) is 11.3 Å². The number of likely N-dealkylation sites (tertiary alicyclic amines) is 1. The molecule has 1 aromatic heterocycles. The number of esters is 1. The number of nitrogens with zero attached hydrogens (tertiary/aromatic N) is 3. The standard InChI is InChI=1S/C19H24N4O3.HI/c1-13-11-23(12-16(13)18(24)25-3)19(20-2)21-10-15-9-17(26-22-15)14-7-5-4-6-8-14;/h4-9,13,16H,10-12H2,1-3H3,(H,20,21);1H. The lowest BCUT2D eigenvalue weighted by molar-refractivity contribution is -0.145. The summed E-state index contributed by atoms with van der Waals surface area (Å²) in [5.74, 6) is 1.40. The van der Waals surface area contributed by atoms with Crippen LogP contribution in [0.15, 0.2) is 45.9 Å². The number of carbonyl (C=O) groups is 1. The monoisotopic (exact) mass is 484 g/mol. The summed E-state index contributed by atoms with van der Waals surface area (Å²) in [5.41, 5.74) is 1.78.